The molecule has 0 atom stereocenters. The molecule has 0 bridgehead atoms. The molecule has 1 aliphatic rings. The Balaban J connectivity index is 2.11. The van der Waals surface area contributed by atoms with Crippen LogP contribution in [0.25, 0.3) is 0 Å². The van der Waals surface area contributed by atoms with E-state index >= 15 is 0 Å². The van der Waals surface area contributed by atoms with Gasteiger partial charge in [-0.2, -0.15) is 0 Å². The Kier molecular flexibility index (Phi) is 3.56. The Labute approximate surface area is 113 Å². The van der Waals surface area contributed by atoms with Crippen LogP contribution >= 0.6 is 22.9 Å². The third-order valence-electron chi connectivity index (χ3n) is 3.42. The summed E-state index contributed by atoms with van der Waals surface area (Å²) in [6, 6.07) is 4.13. The van der Waals surface area contributed by atoms with Crippen LogP contribution in [0.4, 0.5) is 0 Å². The lowest BCUT2D eigenvalue weighted by atomic mass is 9.91. The molecule has 1 aromatic heterocycles. The highest BCUT2D eigenvalue weighted by molar-refractivity contribution is 7.16. The Morgan fingerprint density at radius 3 is 2.65 bits per heavy atom. The van der Waals surface area contributed by atoms with Gasteiger partial charge in [-0.15, -0.1) is 11.3 Å². The fraction of sp³-hybridized carbons (Fsp3) is 0.692. The van der Waals surface area contributed by atoms with E-state index in [1.807, 2.05) is 6.07 Å². The number of thiophene rings is 1. The lowest BCUT2D eigenvalue weighted by molar-refractivity contribution is 0.0332. The highest BCUT2D eigenvalue weighted by atomic mass is 35.5. The van der Waals surface area contributed by atoms with Gasteiger partial charge in [-0.1, -0.05) is 11.6 Å². The number of halogens is 1. The predicted octanol–water partition coefficient (Wildman–Crippen LogP) is 3.36. The van der Waals surface area contributed by atoms with Crippen LogP contribution in [0.3, 0.4) is 0 Å². The quantitative estimate of drug-likeness (QED) is 0.888. The summed E-state index contributed by atoms with van der Waals surface area (Å²) in [5, 5.41) is 3.61. The third kappa shape index (κ3) is 3.22. The molecular formula is C13H21ClN2S. The first-order valence-electron chi connectivity index (χ1n) is 6.03. The van der Waals surface area contributed by atoms with Crippen LogP contribution in [0, 0.1) is 0 Å². The molecule has 2 heterocycles. The van der Waals surface area contributed by atoms with Crippen LogP contribution in [-0.2, 0) is 6.54 Å². The fourth-order valence-corrected chi connectivity index (χ4v) is 3.31. The second-order valence-electron chi connectivity index (χ2n) is 6.11. The number of piperazine rings is 1. The Bertz CT molecular complexity index is 398. The summed E-state index contributed by atoms with van der Waals surface area (Å²) in [6.45, 7) is 12.2. The highest BCUT2D eigenvalue weighted by Crippen LogP contribution is 2.29. The zero-order chi connectivity index (χ0) is 12.7. The molecule has 1 N–H and O–H groups in total. The van der Waals surface area contributed by atoms with Crippen molar-refractivity contribution in [3.05, 3.63) is 21.3 Å². The topological polar surface area (TPSA) is 15.3 Å². The van der Waals surface area contributed by atoms with Gasteiger partial charge in [-0.3, -0.25) is 4.90 Å². The Morgan fingerprint density at radius 1 is 1.35 bits per heavy atom. The Hall–Kier alpha value is -0.0900. The summed E-state index contributed by atoms with van der Waals surface area (Å²) >= 11 is 7.68. The first kappa shape index (κ1) is 13.3. The molecule has 96 valence electrons. The van der Waals surface area contributed by atoms with Crippen LogP contribution in [0.5, 0.6) is 0 Å². The van der Waals surface area contributed by atoms with Crippen molar-refractivity contribution in [3.63, 3.8) is 0 Å². The summed E-state index contributed by atoms with van der Waals surface area (Å²) in [6.07, 6.45) is 0. The molecular weight excluding hydrogens is 252 g/mol. The van der Waals surface area contributed by atoms with Gasteiger partial charge in [0, 0.05) is 35.6 Å². The monoisotopic (exact) mass is 272 g/mol. The molecule has 0 saturated carbocycles. The molecule has 0 radical (unpaired) electrons. The van der Waals surface area contributed by atoms with Crippen LogP contribution in [0.15, 0.2) is 12.1 Å². The standard InChI is InChI=1S/C13H21ClN2S/c1-12(2)9-16(13(3,4)8-15-12)7-10-5-6-11(14)17-10/h5-6,15H,7-9H2,1-4H3. The average Bonchev–Trinajstić information content (AvgIpc) is 2.59. The van der Waals surface area contributed by atoms with E-state index in [1.54, 1.807) is 11.3 Å². The summed E-state index contributed by atoms with van der Waals surface area (Å²) in [5.41, 5.74) is 0.391. The van der Waals surface area contributed by atoms with Gasteiger partial charge in [0.2, 0.25) is 0 Å². The van der Waals surface area contributed by atoms with Gasteiger partial charge in [0.15, 0.2) is 0 Å². The zero-order valence-corrected chi connectivity index (χ0v) is 12.6. The summed E-state index contributed by atoms with van der Waals surface area (Å²) in [7, 11) is 0. The van der Waals surface area contributed by atoms with E-state index in [-0.39, 0.29) is 11.1 Å². The zero-order valence-electron chi connectivity index (χ0n) is 11.0. The van der Waals surface area contributed by atoms with Crippen molar-refractivity contribution in [2.24, 2.45) is 0 Å². The molecule has 17 heavy (non-hydrogen) atoms. The van der Waals surface area contributed by atoms with Crippen molar-refractivity contribution in [1.29, 1.82) is 0 Å². The highest BCUT2D eigenvalue weighted by Gasteiger charge is 2.37. The normalized spacial score (nSPS) is 23.8. The molecule has 1 aromatic rings. The minimum absolute atomic E-state index is 0.191. The Morgan fingerprint density at radius 2 is 2.06 bits per heavy atom. The number of nitrogens with zero attached hydrogens (tertiary/aromatic N) is 1. The van der Waals surface area contributed by atoms with E-state index in [2.05, 4.69) is 44.0 Å². The first-order chi connectivity index (χ1) is 7.78. The molecule has 1 fully saturated rings. The lowest BCUT2D eigenvalue weighted by Gasteiger charge is -2.49. The average molecular weight is 273 g/mol. The van der Waals surface area contributed by atoms with Gasteiger partial charge in [0.1, 0.15) is 0 Å². The van der Waals surface area contributed by atoms with Gasteiger partial charge < -0.3 is 5.32 Å². The van der Waals surface area contributed by atoms with E-state index in [9.17, 15) is 0 Å². The van der Waals surface area contributed by atoms with Crippen LogP contribution < -0.4 is 5.32 Å². The van der Waals surface area contributed by atoms with Crippen LogP contribution in [0.1, 0.15) is 32.6 Å². The summed E-state index contributed by atoms with van der Waals surface area (Å²) in [5.74, 6) is 0. The first-order valence-corrected chi connectivity index (χ1v) is 7.22. The third-order valence-corrected chi connectivity index (χ3v) is 4.63. The van der Waals surface area contributed by atoms with E-state index < -0.39 is 0 Å². The SMILES string of the molecule is CC1(C)CN(Cc2ccc(Cl)s2)C(C)(C)CN1. The molecule has 0 aliphatic carbocycles. The van der Waals surface area contributed by atoms with Crippen LogP contribution in [0.2, 0.25) is 4.34 Å². The van der Waals surface area contributed by atoms with Crippen molar-refractivity contribution in [3.8, 4) is 0 Å². The molecule has 4 heteroatoms. The van der Waals surface area contributed by atoms with Gasteiger partial charge >= 0.3 is 0 Å². The van der Waals surface area contributed by atoms with Crippen LogP contribution in [-0.4, -0.2) is 29.1 Å². The molecule has 0 amide bonds. The summed E-state index contributed by atoms with van der Waals surface area (Å²) < 4.78 is 0.882. The maximum Gasteiger partial charge on any atom is 0.0931 e. The molecule has 2 nitrogen and oxygen atoms in total. The maximum atomic E-state index is 5.99. The molecule has 0 aromatic carbocycles. The van der Waals surface area contributed by atoms with Gasteiger partial charge in [-0.25, -0.2) is 0 Å². The number of hydrogen-bond acceptors (Lipinski definition) is 3. The van der Waals surface area contributed by atoms with E-state index in [4.69, 9.17) is 11.6 Å². The maximum absolute atomic E-state index is 5.99. The van der Waals surface area contributed by atoms with Crippen molar-refractivity contribution in [2.75, 3.05) is 13.1 Å². The van der Waals surface area contributed by atoms with E-state index in [1.165, 1.54) is 4.88 Å². The molecule has 0 unspecified atom stereocenters. The van der Waals surface area contributed by atoms with Gasteiger partial charge in [0.25, 0.3) is 0 Å². The predicted molar refractivity (Wildman–Crippen MR) is 75.9 cm³/mol. The second kappa shape index (κ2) is 4.54. The van der Waals surface area contributed by atoms with Crippen molar-refractivity contribution in [2.45, 2.75) is 45.3 Å². The lowest BCUT2D eigenvalue weighted by Crippen LogP contribution is -2.65. The number of rotatable bonds is 2. The molecule has 0 spiro atoms. The molecule has 1 saturated heterocycles. The van der Waals surface area contributed by atoms with E-state index in [0.717, 1.165) is 24.0 Å². The minimum Gasteiger partial charge on any atom is -0.309 e. The number of nitrogens with one attached hydrogen (secondary N) is 1. The second-order valence-corrected chi connectivity index (χ2v) is 7.91. The fourth-order valence-electron chi connectivity index (χ4n) is 2.21. The number of hydrogen-bond donors (Lipinski definition) is 1. The van der Waals surface area contributed by atoms with Gasteiger partial charge in [-0.05, 0) is 39.8 Å². The van der Waals surface area contributed by atoms with Gasteiger partial charge in [0.05, 0.1) is 4.34 Å². The molecule has 1 aliphatic heterocycles. The minimum atomic E-state index is 0.191. The van der Waals surface area contributed by atoms with Crippen molar-refractivity contribution < 1.29 is 0 Å². The summed E-state index contributed by atoms with van der Waals surface area (Å²) in [4.78, 5) is 3.90. The van der Waals surface area contributed by atoms with Crippen molar-refractivity contribution >= 4 is 22.9 Å². The van der Waals surface area contributed by atoms with Crippen molar-refractivity contribution in [1.82, 2.24) is 10.2 Å². The largest absolute Gasteiger partial charge is 0.309 e. The van der Waals surface area contributed by atoms with E-state index in [0.29, 0.717) is 0 Å². The smallest absolute Gasteiger partial charge is 0.0931 e. The molecule has 2 rings (SSSR count).